The Balaban J connectivity index is 1.62. The molecule has 2 heteroatoms. The van der Waals surface area contributed by atoms with E-state index in [1.54, 1.807) is 11.6 Å². The van der Waals surface area contributed by atoms with Crippen molar-refractivity contribution in [3.05, 3.63) is 66.7 Å². The number of hydrogen-bond acceptors (Lipinski definition) is 1. The van der Waals surface area contributed by atoms with E-state index in [4.69, 9.17) is 0 Å². The molecule has 0 saturated heterocycles. The fraction of sp³-hybridized carbons (Fsp3) is 0.577. The minimum atomic E-state index is -0.0501. The van der Waals surface area contributed by atoms with Crippen LogP contribution in [0.25, 0.3) is 0 Å². The van der Waals surface area contributed by atoms with E-state index >= 15 is 0 Å². The van der Waals surface area contributed by atoms with Crippen molar-refractivity contribution in [2.24, 2.45) is 0 Å². The van der Waals surface area contributed by atoms with Crippen molar-refractivity contribution in [1.29, 1.82) is 0 Å². The summed E-state index contributed by atoms with van der Waals surface area (Å²) in [6, 6.07) is 11.5. The maximum absolute atomic E-state index is 2.52. The maximum Gasteiger partial charge on any atom is 0.0416 e. The number of hydrogen-bond donors (Lipinski definition) is 0. The van der Waals surface area contributed by atoms with E-state index in [9.17, 15) is 0 Å². The van der Waals surface area contributed by atoms with Gasteiger partial charge in [0.1, 0.15) is 0 Å². The third kappa shape index (κ3) is 4.67. The Morgan fingerprint density at radius 3 is 1.89 bits per heavy atom. The second-order valence-corrected chi connectivity index (χ2v) is 11.9. The van der Waals surface area contributed by atoms with Gasteiger partial charge in [0.25, 0.3) is 0 Å². The molecule has 0 aliphatic heterocycles. The molecule has 0 spiro atoms. The van der Waals surface area contributed by atoms with Crippen molar-refractivity contribution in [1.82, 2.24) is 4.90 Å². The molecule has 0 bridgehead atoms. The number of nitrogens with zero attached hydrogens (tertiary/aromatic N) is 1. The first-order valence-electron chi connectivity index (χ1n) is 11.5. The van der Waals surface area contributed by atoms with Crippen molar-refractivity contribution in [3.8, 4) is 0 Å². The Morgan fingerprint density at radius 1 is 0.786 bits per heavy atom. The van der Waals surface area contributed by atoms with Crippen molar-refractivity contribution in [3.63, 3.8) is 0 Å². The summed E-state index contributed by atoms with van der Waals surface area (Å²) >= 11 is 0. The van der Waals surface area contributed by atoms with Crippen LogP contribution in [0.15, 0.2) is 30.3 Å². The monoisotopic (exact) mass is 394 g/mol. The second-order valence-electron chi connectivity index (χ2n) is 9.13. The molecule has 5 radical (unpaired) electrons. The summed E-state index contributed by atoms with van der Waals surface area (Å²) in [5.41, 5.74) is 5.11. The van der Waals surface area contributed by atoms with Gasteiger partial charge in [-0.1, -0.05) is 76.8 Å². The zero-order chi connectivity index (χ0) is 19.3. The van der Waals surface area contributed by atoms with Crippen LogP contribution in [0.2, 0.25) is 0 Å². The standard InChI is InChI=1S/C26H37NP/c1-27(2)26(21-13-6-3-7-14-21)24-19-12-20-25(24)28(22-15-8-4-9-16-22)23-17-10-5-11-18-23/h3,6-7,12-14,19-20,22-23,26H,4-5,8-11,15-18H2,1-2H3/t26-/m0/s1. The van der Waals surface area contributed by atoms with Crippen LogP contribution in [0.3, 0.4) is 0 Å². The Labute approximate surface area is 175 Å². The van der Waals surface area contributed by atoms with E-state index in [-0.39, 0.29) is 7.92 Å². The predicted molar refractivity (Wildman–Crippen MR) is 123 cm³/mol. The molecule has 1 aromatic rings. The van der Waals surface area contributed by atoms with Crippen LogP contribution in [0.5, 0.6) is 0 Å². The molecule has 0 amide bonds. The van der Waals surface area contributed by atoms with Gasteiger partial charge in [-0.25, -0.2) is 0 Å². The minimum Gasteiger partial charge on any atom is -0.302 e. The van der Waals surface area contributed by atoms with Crippen LogP contribution < -0.4 is 0 Å². The Kier molecular flexibility index (Phi) is 7.51. The largest absolute Gasteiger partial charge is 0.302 e. The molecule has 3 fully saturated rings. The number of rotatable bonds is 6. The molecule has 4 rings (SSSR count). The van der Waals surface area contributed by atoms with Gasteiger partial charge in [-0.05, 0) is 75.9 Å². The lowest BCUT2D eigenvalue weighted by atomic mass is 9.90. The van der Waals surface area contributed by atoms with E-state index in [1.807, 2.05) is 0 Å². The third-order valence-corrected chi connectivity index (χ3v) is 10.5. The van der Waals surface area contributed by atoms with Crippen LogP contribution in [0.4, 0.5) is 0 Å². The summed E-state index contributed by atoms with van der Waals surface area (Å²) in [7, 11) is 4.45. The van der Waals surface area contributed by atoms with Crippen molar-refractivity contribution in [2.75, 3.05) is 14.1 Å². The molecular formula is C26H37NP. The highest BCUT2D eigenvalue weighted by Gasteiger charge is 2.46. The average Bonchev–Trinajstić information content (AvgIpc) is 3.19. The predicted octanol–water partition coefficient (Wildman–Crippen LogP) is 7.17. The van der Waals surface area contributed by atoms with E-state index in [1.165, 1.54) is 69.8 Å². The van der Waals surface area contributed by atoms with Gasteiger partial charge in [-0.2, -0.15) is 0 Å². The molecule has 1 atom stereocenters. The van der Waals surface area contributed by atoms with Crippen molar-refractivity contribution in [2.45, 2.75) is 81.6 Å². The highest BCUT2D eigenvalue weighted by Crippen LogP contribution is 2.69. The van der Waals surface area contributed by atoms with Gasteiger partial charge in [-0.3, -0.25) is 0 Å². The average molecular weight is 395 g/mol. The topological polar surface area (TPSA) is 3.24 Å². The molecule has 3 aliphatic carbocycles. The summed E-state index contributed by atoms with van der Waals surface area (Å²) in [6.45, 7) is 0. The van der Waals surface area contributed by atoms with E-state index in [2.05, 4.69) is 68.6 Å². The minimum absolute atomic E-state index is 0.0501. The lowest BCUT2D eigenvalue weighted by Crippen LogP contribution is -2.31. The molecule has 3 aliphatic rings. The fourth-order valence-electron chi connectivity index (χ4n) is 5.69. The summed E-state index contributed by atoms with van der Waals surface area (Å²) in [5.74, 6) is 1.60. The molecule has 0 N–H and O–H groups in total. The summed E-state index contributed by atoms with van der Waals surface area (Å²) < 4.78 is 0. The van der Waals surface area contributed by atoms with Gasteiger partial charge in [0, 0.05) is 17.6 Å². The van der Waals surface area contributed by atoms with Gasteiger partial charge in [-0.15, -0.1) is 0 Å². The molecular weight excluding hydrogens is 357 g/mol. The molecule has 151 valence electrons. The SMILES string of the molecule is CN(C)[C@H]([C]1[CH][CH][CH][C]1P(C1CCCCC1)C1CCCCC1)c1ccccc1. The first kappa shape index (κ1) is 20.9. The summed E-state index contributed by atoms with van der Waals surface area (Å²) in [6.07, 6.45) is 22.0. The smallest absolute Gasteiger partial charge is 0.0416 e. The molecule has 0 heterocycles. The van der Waals surface area contributed by atoms with Crippen molar-refractivity contribution >= 4 is 7.92 Å². The van der Waals surface area contributed by atoms with Crippen LogP contribution in [-0.2, 0) is 0 Å². The van der Waals surface area contributed by atoms with Crippen LogP contribution in [-0.4, -0.2) is 30.3 Å². The molecule has 1 aromatic carbocycles. The van der Waals surface area contributed by atoms with E-state index in [0.29, 0.717) is 6.04 Å². The summed E-state index contributed by atoms with van der Waals surface area (Å²) in [5, 5.41) is 0. The highest BCUT2D eigenvalue weighted by molar-refractivity contribution is 7.63. The zero-order valence-electron chi connectivity index (χ0n) is 17.8. The van der Waals surface area contributed by atoms with Gasteiger partial charge >= 0.3 is 0 Å². The Bertz CT molecular complexity index is 555. The van der Waals surface area contributed by atoms with Gasteiger partial charge in [0.15, 0.2) is 0 Å². The quantitative estimate of drug-likeness (QED) is 0.462. The molecule has 3 saturated carbocycles. The van der Waals surface area contributed by atoms with Crippen LogP contribution >= 0.6 is 7.92 Å². The normalized spacial score (nSPS) is 25.0. The Morgan fingerprint density at radius 2 is 1.36 bits per heavy atom. The number of benzene rings is 1. The molecule has 0 unspecified atom stereocenters. The first-order chi connectivity index (χ1) is 13.8. The van der Waals surface area contributed by atoms with Crippen LogP contribution in [0, 0.1) is 30.8 Å². The second kappa shape index (κ2) is 10.1. The fourth-order valence-corrected chi connectivity index (χ4v) is 9.67. The lowest BCUT2D eigenvalue weighted by Gasteiger charge is -2.45. The maximum atomic E-state index is 2.52. The first-order valence-corrected chi connectivity index (χ1v) is 13.0. The van der Waals surface area contributed by atoms with E-state index < -0.39 is 0 Å². The van der Waals surface area contributed by atoms with Gasteiger partial charge in [0.05, 0.1) is 0 Å². The molecule has 0 aromatic heterocycles. The highest BCUT2D eigenvalue weighted by atomic mass is 31.1. The zero-order valence-corrected chi connectivity index (χ0v) is 18.7. The van der Waals surface area contributed by atoms with Gasteiger partial charge in [0.2, 0.25) is 0 Å². The van der Waals surface area contributed by atoms with Gasteiger partial charge < -0.3 is 4.90 Å². The molecule has 1 nitrogen and oxygen atoms in total. The molecule has 28 heavy (non-hydrogen) atoms. The van der Waals surface area contributed by atoms with E-state index in [0.717, 1.165) is 11.3 Å². The Hall–Kier alpha value is -0.390. The summed E-state index contributed by atoms with van der Waals surface area (Å²) in [4.78, 5) is 2.42. The van der Waals surface area contributed by atoms with Crippen molar-refractivity contribution < 1.29 is 0 Å². The van der Waals surface area contributed by atoms with Crippen LogP contribution in [0.1, 0.15) is 75.8 Å². The lowest BCUT2D eigenvalue weighted by molar-refractivity contribution is 0.319. The third-order valence-electron chi connectivity index (χ3n) is 6.97.